The number of nitrogens with one attached hydrogen (secondary N) is 1. The maximum atomic E-state index is 12.5. The number of sulfonamides is 1. The van der Waals surface area contributed by atoms with Gasteiger partial charge >= 0.3 is 0 Å². The zero-order valence-electron chi connectivity index (χ0n) is 13.0. The molecule has 1 spiro atoms. The smallest absolute Gasteiger partial charge is 0.254 e. The second-order valence-corrected chi connectivity index (χ2v) is 9.28. The molecule has 3 N–H and O–H groups in total. The Kier molecular flexibility index (Phi) is 4.10. The first-order valence-electron chi connectivity index (χ1n) is 8.42. The van der Waals surface area contributed by atoms with E-state index in [1.165, 1.54) is 6.42 Å². The van der Waals surface area contributed by atoms with Crippen molar-refractivity contribution in [2.75, 3.05) is 0 Å². The van der Waals surface area contributed by atoms with Gasteiger partial charge in [0, 0.05) is 5.92 Å². The van der Waals surface area contributed by atoms with E-state index in [-0.39, 0.29) is 5.92 Å². The van der Waals surface area contributed by atoms with Gasteiger partial charge in [-0.3, -0.25) is 9.52 Å². The van der Waals surface area contributed by atoms with Crippen LogP contribution in [0.5, 0.6) is 0 Å². The Morgan fingerprint density at radius 3 is 2.50 bits per heavy atom. The topological polar surface area (TPSA) is 89.3 Å². The van der Waals surface area contributed by atoms with Gasteiger partial charge in [0.2, 0.25) is 10.0 Å². The molecule has 0 unspecified atom stereocenters. The molecule has 2 saturated carbocycles. The number of allylic oxidation sites excluding steroid dienone is 1. The average molecular weight is 326 g/mol. The van der Waals surface area contributed by atoms with Gasteiger partial charge in [0.1, 0.15) is 5.54 Å². The number of rotatable bonds is 0. The molecule has 0 aromatic rings. The molecule has 0 radical (unpaired) electrons. The molecule has 124 valence electrons. The van der Waals surface area contributed by atoms with Crippen LogP contribution in [0.25, 0.3) is 0 Å². The number of fused-ring (bicyclic) bond motifs is 1. The van der Waals surface area contributed by atoms with E-state index in [1.807, 2.05) is 6.08 Å². The first-order chi connectivity index (χ1) is 10.4. The highest BCUT2D eigenvalue weighted by atomic mass is 32.2. The summed E-state index contributed by atoms with van der Waals surface area (Å²) in [6, 6.07) is 0. The predicted molar refractivity (Wildman–Crippen MR) is 85.5 cm³/mol. The number of hydrogen-bond acceptors (Lipinski definition) is 4. The van der Waals surface area contributed by atoms with Crippen LogP contribution < -0.4 is 10.5 Å². The second kappa shape index (κ2) is 5.64. The summed E-state index contributed by atoms with van der Waals surface area (Å²) in [5.74, 6) is -0.550. The number of carbonyl (C=O) groups excluding carboxylic acids is 1. The van der Waals surface area contributed by atoms with Crippen LogP contribution in [0.4, 0.5) is 0 Å². The fraction of sp³-hybridized carbons (Fsp3) is 0.812. The van der Waals surface area contributed by atoms with Crippen molar-refractivity contribution in [1.29, 1.82) is 0 Å². The number of carbonyl (C=O) groups is 1. The molecular formula is C16H26N2O3S. The Bertz CT molecular complexity index is 580. The van der Waals surface area contributed by atoms with Crippen molar-refractivity contribution in [1.82, 2.24) is 4.72 Å². The van der Waals surface area contributed by atoms with Crippen molar-refractivity contribution in [3.8, 4) is 0 Å². The van der Waals surface area contributed by atoms with Gasteiger partial charge in [-0.05, 0) is 38.5 Å². The molecule has 0 aromatic carbocycles. The average Bonchev–Trinajstić information content (AvgIpc) is 3.34. The van der Waals surface area contributed by atoms with E-state index in [0.29, 0.717) is 25.7 Å². The van der Waals surface area contributed by atoms with E-state index in [9.17, 15) is 13.2 Å². The van der Waals surface area contributed by atoms with Gasteiger partial charge in [-0.15, -0.1) is 0 Å². The third kappa shape index (κ3) is 2.95. The zero-order valence-corrected chi connectivity index (χ0v) is 13.8. The highest BCUT2D eigenvalue weighted by Crippen LogP contribution is 2.48. The van der Waals surface area contributed by atoms with Crippen LogP contribution >= 0.6 is 0 Å². The fourth-order valence-corrected chi connectivity index (χ4v) is 5.13. The van der Waals surface area contributed by atoms with Crippen molar-refractivity contribution in [2.24, 2.45) is 11.7 Å². The van der Waals surface area contributed by atoms with Crippen LogP contribution in [-0.2, 0) is 14.8 Å². The van der Waals surface area contributed by atoms with E-state index in [2.05, 4.69) is 10.8 Å². The van der Waals surface area contributed by atoms with Crippen molar-refractivity contribution >= 4 is 15.9 Å². The molecule has 1 amide bonds. The Hall–Kier alpha value is -0.880. The minimum atomic E-state index is -3.60. The normalized spacial score (nSPS) is 37.5. The van der Waals surface area contributed by atoms with Crippen molar-refractivity contribution < 1.29 is 13.2 Å². The molecule has 0 aromatic heterocycles. The van der Waals surface area contributed by atoms with Crippen molar-refractivity contribution in [2.45, 2.75) is 74.5 Å². The molecule has 1 aliphatic heterocycles. The summed E-state index contributed by atoms with van der Waals surface area (Å²) < 4.78 is 26.6. The molecule has 1 heterocycles. The molecule has 5 nitrogen and oxygen atoms in total. The first kappa shape index (κ1) is 16.0. The summed E-state index contributed by atoms with van der Waals surface area (Å²) in [6.07, 6.45) is 13.1. The minimum Gasteiger partial charge on any atom is -0.317 e. The Balaban J connectivity index is 1.75. The molecule has 2 aliphatic carbocycles. The maximum absolute atomic E-state index is 12.5. The third-order valence-corrected chi connectivity index (χ3v) is 7.66. The summed E-state index contributed by atoms with van der Waals surface area (Å²) >= 11 is 0. The largest absolute Gasteiger partial charge is 0.317 e. The lowest BCUT2D eigenvalue weighted by molar-refractivity contribution is -0.121. The Morgan fingerprint density at radius 1 is 1.09 bits per heavy atom. The number of hydrogen-bond donors (Lipinski definition) is 2. The molecule has 0 bridgehead atoms. The first-order valence-corrected chi connectivity index (χ1v) is 9.90. The van der Waals surface area contributed by atoms with Gasteiger partial charge in [0.15, 0.2) is 0 Å². The molecule has 2 atom stereocenters. The van der Waals surface area contributed by atoms with Crippen molar-refractivity contribution in [3.05, 3.63) is 12.2 Å². The standard InChI is InChI=1S/C16H26N2O3S/c17-16-12-13(16)8-6-4-2-1-3-5-7-9-15(10-11-15)22(20,21)18-14(16)19/h6,8,13H,1-5,7,9-12,17H2,(H,18,19)/t13-,16-/m1/s1. The SMILES string of the molecule is N[C@]12C[C@H]1C=CCCCCCCCC1(CC1)S(=O)(=O)NC2=O. The zero-order chi connectivity index (χ0) is 15.8. The summed E-state index contributed by atoms with van der Waals surface area (Å²) in [5.41, 5.74) is 5.05. The Labute approximate surface area is 132 Å². The van der Waals surface area contributed by atoms with Gasteiger partial charge in [0.25, 0.3) is 5.91 Å². The summed E-state index contributed by atoms with van der Waals surface area (Å²) in [4.78, 5) is 12.3. The number of nitrogens with two attached hydrogens (primary N) is 1. The highest BCUT2D eigenvalue weighted by Gasteiger charge is 2.60. The molecule has 3 aliphatic rings. The highest BCUT2D eigenvalue weighted by molar-refractivity contribution is 7.91. The summed E-state index contributed by atoms with van der Waals surface area (Å²) in [7, 11) is -3.60. The van der Waals surface area contributed by atoms with E-state index >= 15 is 0 Å². The summed E-state index contributed by atoms with van der Waals surface area (Å²) in [6.45, 7) is 0. The van der Waals surface area contributed by atoms with Crippen LogP contribution in [-0.4, -0.2) is 24.6 Å². The van der Waals surface area contributed by atoms with Gasteiger partial charge < -0.3 is 5.73 Å². The lowest BCUT2D eigenvalue weighted by atomic mass is 10.1. The lowest BCUT2D eigenvalue weighted by Gasteiger charge is -2.19. The van der Waals surface area contributed by atoms with E-state index < -0.39 is 26.2 Å². The molecule has 0 saturated heterocycles. The molecular weight excluding hydrogens is 300 g/mol. The van der Waals surface area contributed by atoms with Gasteiger partial charge in [-0.2, -0.15) is 0 Å². The van der Waals surface area contributed by atoms with Gasteiger partial charge in [-0.25, -0.2) is 8.42 Å². The van der Waals surface area contributed by atoms with E-state index in [4.69, 9.17) is 5.73 Å². The van der Waals surface area contributed by atoms with Crippen LogP contribution in [0.3, 0.4) is 0 Å². The van der Waals surface area contributed by atoms with Crippen LogP contribution in [0.15, 0.2) is 12.2 Å². The van der Waals surface area contributed by atoms with Crippen LogP contribution in [0.2, 0.25) is 0 Å². The van der Waals surface area contributed by atoms with Crippen molar-refractivity contribution in [3.63, 3.8) is 0 Å². The fourth-order valence-electron chi connectivity index (χ4n) is 3.42. The molecule has 22 heavy (non-hydrogen) atoms. The van der Waals surface area contributed by atoms with E-state index in [0.717, 1.165) is 32.1 Å². The number of amides is 1. The minimum absolute atomic E-state index is 0.0250. The molecule has 6 heteroatoms. The summed E-state index contributed by atoms with van der Waals surface area (Å²) in [5, 5.41) is 0. The lowest BCUT2D eigenvalue weighted by Crippen LogP contribution is -2.49. The van der Waals surface area contributed by atoms with Gasteiger partial charge in [-0.1, -0.05) is 37.8 Å². The molecule has 3 rings (SSSR count). The quantitative estimate of drug-likeness (QED) is 0.666. The maximum Gasteiger partial charge on any atom is 0.254 e. The van der Waals surface area contributed by atoms with Crippen LogP contribution in [0.1, 0.15) is 64.2 Å². The second-order valence-electron chi connectivity index (χ2n) is 7.20. The third-order valence-electron chi connectivity index (χ3n) is 5.46. The predicted octanol–water partition coefficient (Wildman–Crippen LogP) is 1.98. The monoisotopic (exact) mass is 326 g/mol. The Morgan fingerprint density at radius 2 is 1.77 bits per heavy atom. The molecule has 2 fully saturated rings. The van der Waals surface area contributed by atoms with Crippen LogP contribution in [0, 0.1) is 5.92 Å². The van der Waals surface area contributed by atoms with Gasteiger partial charge in [0.05, 0.1) is 4.75 Å². The van der Waals surface area contributed by atoms with E-state index in [1.54, 1.807) is 0 Å².